The summed E-state index contributed by atoms with van der Waals surface area (Å²) in [6.07, 6.45) is 1.74. The summed E-state index contributed by atoms with van der Waals surface area (Å²) in [6, 6.07) is -2.72. The number of hydrogen-bond donors (Lipinski definition) is 5. The van der Waals surface area contributed by atoms with Crippen LogP contribution in [0.15, 0.2) is 0 Å². The molecule has 0 bridgehead atoms. The molecular formula is C16H28N4O5S. The molecule has 0 saturated carbocycles. The van der Waals surface area contributed by atoms with Gasteiger partial charge in [0.1, 0.15) is 18.1 Å². The van der Waals surface area contributed by atoms with E-state index in [-0.39, 0.29) is 24.1 Å². The van der Waals surface area contributed by atoms with E-state index >= 15 is 0 Å². The van der Waals surface area contributed by atoms with Gasteiger partial charge in [0.15, 0.2) is 0 Å². The van der Waals surface area contributed by atoms with Gasteiger partial charge in [0.2, 0.25) is 17.7 Å². The van der Waals surface area contributed by atoms with Gasteiger partial charge in [-0.05, 0) is 18.8 Å². The first-order chi connectivity index (χ1) is 12.3. The molecule has 1 fully saturated rings. The smallest absolute Gasteiger partial charge is 0.326 e. The molecule has 26 heavy (non-hydrogen) atoms. The van der Waals surface area contributed by atoms with E-state index < -0.39 is 35.9 Å². The summed E-state index contributed by atoms with van der Waals surface area (Å²) in [6.45, 7) is 3.81. The van der Waals surface area contributed by atoms with Crippen LogP contribution in [0.3, 0.4) is 0 Å². The van der Waals surface area contributed by atoms with E-state index in [1.165, 1.54) is 4.90 Å². The van der Waals surface area contributed by atoms with Crippen molar-refractivity contribution >= 4 is 36.3 Å². The Balaban J connectivity index is 2.75. The van der Waals surface area contributed by atoms with Crippen molar-refractivity contribution in [2.75, 3.05) is 18.8 Å². The number of carbonyl (C=O) groups excluding carboxylic acids is 3. The Hall–Kier alpha value is -1.81. The van der Waals surface area contributed by atoms with Gasteiger partial charge in [0, 0.05) is 12.3 Å². The molecule has 3 amide bonds. The molecule has 5 N–H and O–H groups in total. The van der Waals surface area contributed by atoms with Crippen molar-refractivity contribution in [2.24, 2.45) is 11.7 Å². The number of carboxylic acid groups (broad SMARTS) is 1. The number of rotatable bonds is 9. The number of likely N-dealkylation sites (tertiary alicyclic amines) is 1. The number of hydrogen-bond acceptors (Lipinski definition) is 6. The maximum absolute atomic E-state index is 12.5. The van der Waals surface area contributed by atoms with Crippen molar-refractivity contribution in [1.82, 2.24) is 15.5 Å². The molecule has 1 saturated heterocycles. The van der Waals surface area contributed by atoms with Crippen molar-refractivity contribution in [2.45, 2.75) is 51.2 Å². The molecule has 1 aliphatic rings. The molecule has 0 spiro atoms. The van der Waals surface area contributed by atoms with Gasteiger partial charge in [0.25, 0.3) is 0 Å². The number of carbonyl (C=O) groups is 4. The average Bonchev–Trinajstić information content (AvgIpc) is 3.11. The molecule has 0 aliphatic carbocycles. The van der Waals surface area contributed by atoms with Crippen molar-refractivity contribution in [3.8, 4) is 0 Å². The number of carboxylic acids is 1. The third-order valence-electron chi connectivity index (χ3n) is 4.64. The van der Waals surface area contributed by atoms with E-state index in [2.05, 4.69) is 23.3 Å². The Morgan fingerprint density at radius 2 is 1.96 bits per heavy atom. The molecule has 0 aromatic rings. The highest BCUT2D eigenvalue weighted by Gasteiger charge is 2.36. The monoisotopic (exact) mass is 388 g/mol. The molecule has 1 rings (SSSR count). The van der Waals surface area contributed by atoms with Crippen LogP contribution >= 0.6 is 12.6 Å². The summed E-state index contributed by atoms with van der Waals surface area (Å²) >= 11 is 4.08. The lowest BCUT2D eigenvalue weighted by atomic mass is 9.99. The Kier molecular flexibility index (Phi) is 8.86. The largest absolute Gasteiger partial charge is 0.480 e. The number of nitrogens with one attached hydrogen (secondary N) is 2. The Morgan fingerprint density at radius 3 is 2.46 bits per heavy atom. The van der Waals surface area contributed by atoms with Crippen LogP contribution in [0.4, 0.5) is 0 Å². The van der Waals surface area contributed by atoms with E-state index in [0.29, 0.717) is 25.8 Å². The second kappa shape index (κ2) is 10.4. The molecule has 9 nitrogen and oxygen atoms in total. The van der Waals surface area contributed by atoms with Gasteiger partial charge in [-0.15, -0.1) is 0 Å². The topological polar surface area (TPSA) is 142 Å². The lowest BCUT2D eigenvalue weighted by Gasteiger charge is -2.27. The Labute approximate surface area is 158 Å². The fraction of sp³-hybridized carbons (Fsp3) is 0.750. The highest BCUT2D eigenvalue weighted by Crippen LogP contribution is 2.17. The number of thiol groups is 1. The van der Waals surface area contributed by atoms with E-state index in [4.69, 9.17) is 5.73 Å². The van der Waals surface area contributed by atoms with Crippen LogP contribution in [0.25, 0.3) is 0 Å². The van der Waals surface area contributed by atoms with Gasteiger partial charge in [-0.2, -0.15) is 12.6 Å². The predicted molar refractivity (Wildman–Crippen MR) is 98.6 cm³/mol. The fourth-order valence-corrected chi connectivity index (χ4v) is 3.11. The average molecular weight is 388 g/mol. The van der Waals surface area contributed by atoms with E-state index in [1.807, 2.05) is 6.92 Å². The number of aliphatic carboxylic acids is 1. The van der Waals surface area contributed by atoms with Gasteiger partial charge in [0.05, 0.1) is 6.54 Å². The summed E-state index contributed by atoms with van der Waals surface area (Å²) in [5.74, 6) is -2.79. The van der Waals surface area contributed by atoms with Crippen LogP contribution in [-0.4, -0.2) is 70.7 Å². The zero-order valence-electron chi connectivity index (χ0n) is 15.1. The SMILES string of the molecule is CCC(C)C(NC(=O)C(CS)NC(=O)C1CCCN1C(=O)CN)C(=O)O. The summed E-state index contributed by atoms with van der Waals surface area (Å²) < 4.78 is 0. The first-order valence-electron chi connectivity index (χ1n) is 8.70. The number of nitrogens with zero attached hydrogens (tertiary/aromatic N) is 1. The Morgan fingerprint density at radius 1 is 1.31 bits per heavy atom. The molecular weight excluding hydrogens is 360 g/mol. The van der Waals surface area contributed by atoms with Gasteiger partial charge in [-0.1, -0.05) is 20.3 Å². The highest BCUT2D eigenvalue weighted by molar-refractivity contribution is 7.80. The number of nitrogens with two attached hydrogens (primary N) is 1. The predicted octanol–water partition coefficient (Wildman–Crippen LogP) is -1.03. The third-order valence-corrected chi connectivity index (χ3v) is 5.01. The standard InChI is InChI=1S/C16H28N4O5S/c1-3-9(2)13(16(24)25)19-14(22)10(8-26)18-15(23)11-5-4-6-20(11)12(21)7-17/h9-11,13,26H,3-8,17H2,1-2H3,(H,18,23)(H,19,22)(H,24,25). The zero-order chi connectivity index (χ0) is 19.9. The molecule has 4 atom stereocenters. The maximum Gasteiger partial charge on any atom is 0.326 e. The van der Waals surface area contributed by atoms with E-state index in [9.17, 15) is 24.3 Å². The molecule has 1 aliphatic heterocycles. The minimum atomic E-state index is -1.13. The summed E-state index contributed by atoms with van der Waals surface area (Å²) in [5.41, 5.74) is 5.36. The van der Waals surface area contributed by atoms with Crippen LogP contribution in [0.1, 0.15) is 33.1 Å². The van der Waals surface area contributed by atoms with Crippen molar-refractivity contribution in [1.29, 1.82) is 0 Å². The quantitative estimate of drug-likeness (QED) is 0.320. The van der Waals surface area contributed by atoms with Gasteiger partial charge >= 0.3 is 5.97 Å². The first kappa shape index (κ1) is 22.2. The van der Waals surface area contributed by atoms with Crippen molar-refractivity contribution < 1.29 is 24.3 Å². The summed E-state index contributed by atoms with van der Waals surface area (Å²) in [7, 11) is 0. The van der Waals surface area contributed by atoms with Crippen molar-refractivity contribution in [3.05, 3.63) is 0 Å². The molecule has 4 unspecified atom stereocenters. The van der Waals surface area contributed by atoms with Crippen LogP contribution in [0, 0.1) is 5.92 Å². The van der Waals surface area contributed by atoms with E-state index in [0.717, 1.165) is 0 Å². The van der Waals surface area contributed by atoms with Crippen LogP contribution in [0.5, 0.6) is 0 Å². The highest BCUT2D eigenvalue weighted by atomic mass is 32.1. The van der Waals surface area contributed by atoms with E-state index in [1.54, 1.807) is 6.92 Å². The van der Waals surface area contributed by atoms with Crippen molar-refractivity contribution in [3.63, 3.8) is 0 Å². The minimum Gasteiger partial charge on any atom is -0.480 e. The number of amides is 3. The fourth-order valence-electron chi connectivity index (χ4n) is 2.85. The minimum absolute atomic E-state index is 0.00196. The van der Waals surface area contributed by atoms with Crippen LogP contribution in [0.2, 0.25) is 0 Å². The molecule has 10 heteroatoms. The molecule has 0 aromatic carbocycles. The normalized spacial score (nSPS) is 20.2. The second-order valence-corrected chi connectivity index (χ2v) is 6.77. The third kappa shape index (κ3) is 5.60. The van der Waals surface area contributed by atoms with Gasteiger partial charge in [-0.25, -0.2) is 4.79 Å². The lowest BCUT2D eigenvalue weighted by Crippen LogP contribution is -2.57. The Bertz CT molecular complexity index is 545. The molecule has 1 heterocycles. The summed E-state index contributed by atoms with van der Waals surface area (Å²) in [4.78, 5) is 49.4. The van der Waals surface area contributed by atoms with Crippen LogP contribution in [-0.2, 0) is 19.2 Å². The molecule has 0 aromatic heterocycles. The first-order valence-corrected chi connectivity index (χ1v) is 9.33. The summed E-state index contributed by atoms with van der Waals surface area (Å²) in [5, 5.41) is 14.3. The second-order valence-electron chi connectivity index (χ2n) is 6.40. The van der Waals surface area contributed by atoms with Gasteiger partial charge in [-0.3, -0.25) is 14.4 Å². The molecule has 0 radical (unpaired) electrons. The van der Waals surface area contributed by atoms with Crippen LogP contribution < -0.4 is 16.4 Å². The maximum atomic E-state index is 12.5. The zero-order valence-corrected chi connectivity index (χ0v) is 16.0. The van der Waals surface area contributed by atoms with Gasteiger partial charge < -0.3 is 26.4 Å². The molecule has 148 valence electrons. The lowest BCUT2D eigenvalue weighted by molar-refractivity contribution is -0.144.